The van der Waals surface area contributed by atoms with E-state index in [1.807, 2.05) is 0 Å². The first-order chi connectivity index (χ1) is 16.9. The van der Waals surface area contributed by atoms with Gasteiger partial charge >= 0.3 is 12.1 Å². The lowest BCUT2D eigenvalue weighted by Gasteiger charge is -2.21. The van der Waals surface area contributed by atoms with Crippen LogP contribution in [-0.2, 0) is 11.0 Å². The number of nitrogens with zero attached hydrogens (tertiary/aromatic N) is 3. The number of pyridine rings is 1. The highest BCUT2D eigenvalue weighted by molar-refractivity contribution is 6.33. The second-order valence-corrected chi connectivity index (χ2v) is 7.82. The van der Waals surface area contributed by atoms with Crippen LogP contribution in [0.15, 0.2) is 54.7 Å². The van der Waals surface area contributed by atoms with E-state index in [2.05, 4.69) is 4.98 Å². The van der Waals surface area contributed by atoms with Gasteiger partial charge in [0.15, 0.2) is 6.10 Å². The zero-order valence-electron chi connectivity index (χ0n) is 18.5. The van der Waals surface area contributed by atoms with Crippen molar-refractivity contribution in [3.63, 3.8) is 0 Å². The van der Waals surface area contributed by atoms with Gasteiger partial charge in [-0.25, -0.2) is 4.79 Å². The molecule has 1 aromatic heterocycles. The maximum absolute atomic E-state index is 13.2. The Morgan fingerprint density at radius 2 is 1.89 bits per heavy atom. The summed E-state index contributed by atoms with van der Waals surface area (Å²) in [5.74, 6) is -1.91. The zero-order chi connectivity index (χ0) is 26.6. The third kappa shape index (κ3) is 5.73. The molecule has 1 atom stereocenters. The summed E-state index contributed by atoms with van der Waals surface area (Å²) in [5, 5.41) is 27.8. The van der Waals surface area contributed by atoms with E-state index >= 15 is 0 Å². The topological polar surface area (TPSA) is 124 Å². The number of carboxylic acid groups (broad SMARTS) is 1. The molecule has 36 heavy (non-hydrogen) atoms. The molecule has 186 valence electrons. The van der Waals surface area contributed by atoms with Crippen LogP contribution in [0.4, 0.5) is 18.9 Å². The third-order valence-corrected chi connectivity index (χ3v) is 5.36. The third-order valence-electron chi connectivity index (χ3n) is 5.03. The van der Waals surface area contributed by atoms with Crippen LogP contribution >= 0.6 is 11.6 Å². The molecule has 1 amide bonds. The number of alkyl halides is 3. The lowest BCUT2D eigenvalue weighted by atomic mass is 9.99. The van der Waals surface area contributed by atoms with E-state index in [-0.39, 0.29) is 38.7 Å². The fraction of sp³-hybridized carbons (Fsp3) is 0.167. The fourth-order valence-corrected chi connectivity index (χ4v) is 3.40. The molecule has 0 saturated heterocycles. The molecule has 2 aromatic carbocycles. The Labute approximate surface area is 207 Å². The van der Waals surface area contributed by atoms with Gasteiger partial charge in [-0.05, 0) is 36.4 Å². The Bertz CT molecular complexity index is 1360. The van der Waals surface area contributed by atoms with Crippen molar-refractivity contribution < 1.29 is 37.7 Å². The number of anilines is 1. The van der Waals surface area contributed by atoms with Gasteiger partial charge in [-0.1, -0.05) is 23.7 Å². The van der Waals surface area contributed by atoms with Gasteiger partial charge in [-0.2, -0.15) is 18.4 Å². The Hall–Kier alpha value is -4.14. The number of rotatable bonds is 7. The molecule has 1 unspecified atom stereocenters. The summed E-state index contributed by atoms with van der Waals surface area (Å²) in [7, 11) is 1.42. The fourth-order valence-electron chi connectivity index (χ4n) is 3.18. The molecule has 0 bridgehead atoms. The van der Waals surface area contributed by atoms with Crippen LogP contribution in [0.5, 0.6) is 5.75 Å². The van der Waals surface area contributed by atoms with E-state index < -0.39 is 36.5 Å². The summed E-state index contributed by atoms with van der Waals surface area (Å²) in [4.78, 5) is 28.7. The maximum atomic E-state index is 13.2. The monoisotopic (exact) mass is 519 g/mol. The quantitative estimate of drug-likeness (QED) is 0.474. The van der Waals surface area contributed by atoms with Crippen molar-refractivity contribution in [2.45, 2.75) is 12.3 Å². The maximum Gasteiger partial charge on any atom is 0.433 e. The molecule has 8 nitrogen and oxygen atoms in total. The van der Waals surface area contributed by atoms with E-state index in [0.717, 1.165) is 6.20 Å². The number of nitriles is 1. The lowest BCUT2D eigenvalue weighted by molar-refractivity contribution is -0.148. The van der Waals surface area contributed by atoms with Crippen molar-refractivity contribution in [1.29, 1.82) is 5.26 Å². The summed E-state index contributed by atoms with van der Waals surface area (Å²) >= 11 is 6.24. The Balaban J connectivity index is 1.96. The summed E-state index contributed by atoms with van der Waals surface area (Å²) in [5.41, 5.74) is -1.09. The van der Waals surface area contributed by atoms with Gasteiger partial charge < -0.3 is 19.8 Å². The number of carbonyl (C=O) groups is 2. The first kappa shape index (κ1) is 26.5. The van der Waals surface area contributed by atoms with Gasteiger partial charge in [0, 0.05) is 35.0 Å². The molecular weight excluding hydrogens is 503 g/mol. The molecule has 3 aromatic rings. The smallest absolute Gasteiger partial charge is 0.433 e. The summed E-state index contributed by atoms with van der Waals surface area (Å²) in [6, 6.07) is 12.6. The van der Waals surface area contributed by atoms with E-state index in [4.69, 9.17) is 21.4 Å². The van der Waals surface area contributed by atoms with Gasteiger partial charge in [0.05, 0.1) is 17.3 Å². The predicted octanol–water partition coefficient (Wildman–Crippen LogP) is 4.39. The lowest BCUT2D eigenvalue weighted by Crippen LogP contribution is -2.29. The van der Waals surface area contributed by atoms with Gasteiger partial charge in [0.25, 0.3) is 5.91 Å². The van der Waals surface area contributed by atoms with Crippen molar-refractivity contribution in [2.75, 3.05) is 18.6 Å². The van der Waals surface area contributed by atoms with Crippen LogP contribution in [0, 0.1) is 11.3 Å². The van der Waals surface area contributed by atoms with Crippen LogP contribution in [0.25, 0.3) is 11.1 Å². The van der Waals surface area contributed by atoms with Crippen LogP contribution in [-0.4, -0.2) is 46.8 Å². The number of aliphatic hydroxyl groups excluding tert-OH is 1. The number of hydrogen-bond acceptors (Lipinski definition) is 6. The molecule has 0 spiro atoms. The number of carbonyl (C=O) groups excluding carboxylic acids is 1. The number of aliphatic carboxylic acids is 1. The first-order valence-corrected chi connectivity index (χ1v) is 10.5. The number of aromatic nitrogens is 1. The predicted molar refractivity (Wildman–Crippen MR) is 123 cm³/mol. The van der Waals surface area contributed by atoms with E-state index in [9.17, 15) is 33.1 Å². The minimum Gasteiger partial charge on any atom is -0.488 e. The molecule has 1 heterocycles. The highest BCUT2D eigenvalue weighted by atomic mass is 35.5. The van der Waals surface area contributed by atoms with Crippen molar-refractivity contribution in [3.8, 4) is 22.9 Å². The molecule has 2 N–H and O–H groups in total. The number of aliphatic hydroxyl groups is 1. The molecule has 0 radical (unpaired) electrons. The molecule has 12 heteroatoms. The largest absolute Gasteiger partial charge is 0.488 e. The minimum atomic E-state index is -4.75. The van der Waals surface area contributed by atoms with Crippen LogP contribution < -0.4 is 9.64 Å². The second-order valence-electron chi connectivity index (χ2n) is 7.42. The first-order valence-electron chi connectivity index (χ1n) is 10.1. The highest BCUT2D eigenvalue weighted by Crippen LogP contribution is 2.35. The van der Waals surface area contributed by atoms with Crippen molar-refractivity contribution >= 4 is 29.2 Å². The van der Waals surface area contributed by atoms with Crippen molar-refractivity contribution in [2.24, 2.45) is 0 Å². The molecule has 0 aliphatic heterocycles. The molecule has 0 saturated carbocycles. The average Bonchev–Trinajstić information content (AvgIpc) is 2.85. The van der Waals surface area contributed by atoms with Gasteiger partial charge in [0.2, 0.25) is 0 Å². The van der Waals surface area contributed by atoms with Crippen molar-refractivity contribution in [1.82, 2.24) is 4.98 Å². The number of hydrogen-bond donors (Lipinski definition) is 2. The molecule has 0 aliphatic rings. The summed E-state index contributed by atoms with van der Waals surface area (Å²) in [6.07, 6.45) is -5.65. The Morgan fingerprint density at radius 1 is 1.19 bits per heavy atom. The molecular formula is C24H17ClF3N3O5. The Kier molecular flexibility index (Phi) is 7.82. The normalized spacial score (nSPS) is 11.9. The number of amides is 1. The van der Waals surface area contributed by atoms with Crippen LogP contribution in [0.1, 0.15) is 21.6 Å². The van der Waals surface area contributed by atoms with Gasteiger partial charge in [-0.15, -0.1) is 0 Å². The van der Waals surface area contributed by atoms with Gasteiger partial charge in [0.1, 0.15) is 18.1 Å². The number of benzene rings is 2. The molecule has 3 rings (SSSR count). The van der Waals surface area contributed by atoms with Crippen molar-refractivity contribution in [3.05, 3.63) is 76.6 Å². The molecule has 0 fully saturated rings. The Morgan fingerprint density at radius 3 is 2.53 bits per heavy atom. The zero-order valence-corrected chi connectivity index (χ0v) is 19.2. The van der Waals surface area contributed by atoms with E-state index in [1.165, 1.54) is 42.3 Å². The number of para-hydroxylation sites is 2. The number of carboxylic acids is 1. The highest BCUT2D eigenvalue weighted by Gasteiger charge is 2.33. The van der Waals surface area contributed by atoms with Crippen LogP contribution in [0.3, 0.4) is 0 Å². The number of ether oxygens (including phenoxy) is 1. The number of halogens is 4. The average molecular weight is 520 g/mol. The van der Waals surface area contributed by atoms with E-state index in [1.54, 1.807) is 18.2 Å². The summed E-state index contributed by atoms with van der Waals surface area (Å²) in [6.45, 7) is -0.558. The standard InChI is InChI=1S/C24H17ClF3N3O5/c1-31(18-4-2-3-5-20(18)36-12-19(32)23(34)35)22(33)13-6-7-17(25)15(8-13)16-11-30-21(24(26,27)28)9-14(16)10-29/h2-9,11,19,32H,12H2,1H3,(H,34,35). The SMILES string of the molecule is CN(C(=O)c1ccc(Cl)c(-c2cnc(C(F)(F)F)cc2C#N)c1)c1ccccc1OCC(O)C(=O)O. The second kappa shape index (κ2) is 10.6. The van der Waals surface area contributed by atoms with Gasteiger partial charge in [-0.3, -0.25) is 9.78 Å². The summed E-state index contributed by atoms with van der Waals surface area (Å²) < 4.78 is 44.4. The molecule has 0 aliphatic carbocycles. The van der Waals surface area contributed by atoms with Crippen LogP contribution in [0.2, 0.25) is 5.02 Å². The minimum absolute atomic E-state index is 0.0131. The van der Waals surface area contributed by atoms with E-state index in [0.29, 0.717) is 6.07 Å².